The minimum atomic E-state index is 0.614. The van der Waals surface area contributed by atoms with Gasteiger partial charge in [-0.15, -0.1) is 11.8 Å². The molecule has 0 aromatic heterocycles. The fraction of sp³-hybridized carbons (Fsp3) is 0.294. The third-order valence-electron chi connectivity index (χ3n) is 3.81. The fourth-order valence-corrected chi connectivity index (χ4v) is 3.90. The molecular formula is C17H19NOS. The van der Waals surface area contributed by atoms with Crippen molar-refractivity contribution in [3.8, 4) is 5.75 Å². The van der Waals surface area contributed by atoms with E-state index in [0.29, 0.717) is 5.92 Å². The van der Waals surface area contributed by atoms with E-state index in [-0.39, 0.29) is 0 Å². The van der Waals surface area contributed by atoms with Gasteiger partial charge in [0.2, 0.25) is 0 Å². The molecule has 1 atom stereocenters. The monoisotopic (exact) mass is 285 g/mol. The van der Waals surface area contributed by atoms with Crippen LogP contribution in [-0.4, -0.2) is 26.5 Å². The molecule has 3 heteroatoms. The second-order valence-corrected chi connectivity index (χ2v) is 6.19. The molecule has 0 fully saturated rings. The van der Waals surface area contributed by atoms with Gasteiger partial charge in [0.15, 0.2) is 0 Å². The predicted octanol–water partition coefficient (Wildman–Crippen LogP) is 4.02. The van der Waals surface area contributed by atoms with E-state index < -0.39 is 0 Å². The van der Waals surface area contributed by atoms with Crippen LogP contribution in [0.15, 0.2) is 53.4 Å². The maximum Gasteiger partial charge on any atom is 0.119 e. The summed E-state index contributed by atoms with van der Waals surface area (Å²) in [5, 5.41) is 0. The number of benzene rings is 2. The highest BCUT2D eigenvalue weighted by molar-refractivity contribution is 7.99. The molecule has 2 nitrogen and oxygen atoms in total. The van der Waals surface area contributed by atoms with Gasteiger partial charge in [-0.25, -0.2) is 0 Å². The van der Waals surface area contributed by atoms with Gasteiger partial charge in [0.1, 0.15) is 5.75 Å². The Labute approximate surface area is 124 Å². The maximum atomic E-state index is 5.21. The highest BCUT2D eigenvalue weighted by Gasteiger charge is 2.23. The van der Waals surface area contributed by atoms with Crippen molar-refractivity contribution in [2.75, 3.05) is 31.4 Å². The van der Waals surface area contributed by atoms with E-state index in [1.165, 1.54) is 21.9 Å². The number of hydrogen-bond acceptors (Lipinski definition) is 3. The fourth-order valence-electron chi connectivity index (χ4n) is 2.65. The van der Waals surface area contributed by atoms with Gasteiger partial charge >= 0.3 is 0 Å². The normalized spacial score (nSPS) is 16.8. The molecule has 0 spiro atoms. The van der Waals surface area contributed by atoms with E-state index in [1.54, 1.807) is 7.11 Å². The van der Waals surface area contributed by atoms with Crippen LogP contribution in [0.1, 0.15) is 11.5 Å². The molecule has 0 N–H and O–H groups in total. The van der Waals surface area contributed by atoms with Crippen molar-refractivity contribution in [2.45, 2.75) is 10.8 Å². The van der Waals surface area contributed by atoms with Crippen LogP contribution in [0.4, 0.5) is 5.69 Å². The third-order valence-corrected chi connectivity index (χ3v) is 5.06. The summed E-state index contributed by atoms with van der Waals surface area (Å²) >= 11 is 1.97. The first-order valence-electron chi connectivity index (χ1n) is 6.85. The average molecular weight is 285 g/mol. The summed E-state index contributed by atoms with van der Waals surface area (Å²) < 4.78 is 5.21. The van der Waals surface area contributed by atoms with E-state index >= 15 is 0 Å². The molecule has 0 amide bonds. The number of hydrogen-bond donors (Lipinski definition) is 0. The zero-order valence-electron chi connectivity index (χ0n) is 11.9. The van der Waals surface area contributed by atoms with Crippen LogP contribution >= 0.6 is 11.8 Å². The first-order chi connectivity index (χ1) is 9.78. The SMILES string of the molecule is COc1ccc(N(C)CC2CSc3ccccc32)cc1. The van der Waals surface area contributed by atoms with Crippen LogP contribution in [0.5, 0.6) is 5.75 Å². The number of nitrogens with zero attached hydrogens (tertiary/aromatic N) is 1. The smallest absolute Gasteiger partial charge is 0.119 e. The Morgan fingerprint density at radius 3 is 2.65 bits per heavy atom. The molecule has 0 aliphatic carbocycles. The molecule has 20 heavy (non-hydrogen) atoms. The number of rotatable bonds is 4. The van der Waals surface area contributed by atoms with Crippen molar-refractivity contribution in [1.82, 2.24) is 0 Å². The highest BCUT2D eigenvalue weighted by atomic mass is 32.2. The number of anilines is 1. The van der Waals surface area contributed by atoms with Gasteiger partial charge in [-0.3, -0.25) is 0 Å². The largest absolute Gasteiger partial charge is 0.497 e. The van der Waals surface area contributed by atoms with Crippen molar-refractivity contribution in [1.29, 1.82) is 0 Å². The zero-order valence-corrected chi connectivity index (χ0v) is 12.7. The van der Waals surface area contributed by atoms with E-state index in [2.05, 4.69) is 48.3 Å². The minimum Gasteiger partial charge on any atom is -0.497 e. The Balaban J connectivity index is 1.71. The van der Waals surface area contributed by atoms with Crippen molar-refractivity contribution in [2.24, 2.45) is 0 Å². The lowest BCUT2D eigenvalue weighted by molar-refractivity contribution is 0.415. The van der Waals surface area contributed by atoms with Crippen molar-refractivity contribution < 1.29 is 4.74 Å². The third kappa shape index (κ3) is 2.63. The summed E-state index contributed by atoms with van der Waals surface area (Å²) in [6, 6.07) is 17.0. The van der Waals surface area contributed by atoms with Gasteiger partial charge in [0, 0.05) is 35.8 Å². The maximum absolute atomic E-state index is 5.21. The molecule has 0 saturated heterocycles. The van der Waals surface area contributed by atoms with Crippen LogP contribution in [-0.2, 0) is 0 Å². The first-order valence-corrected chi connectivity index (χ1v) is 7.83. The Morgan fingerprint density at radius 1 is 1.15 bits per heavy atom. The van der Waals surface area contributed by atoms with Gasteiger partial charge in [-0.2, -0.15) is 0 Å². The van der Waals surface area contributed by atoms with E-state index in [0.717, 1.165) is 12.3 Å². The van der Waals surface area contributed by atoms with Gasteiger partial charge < -0.3 is 9.64 Å². The van der Waals surface area contributed by atoms with Crippen molar-refractivity contribution >= 4 is 17.4 Å². The average Bonchev–Trinajstić information content (AvgIpc) is 2.91. The molecule has 2 aromatic rings. The topological polar surface area (TPSA) is 12.5 Å². The minimum absolute atomic E-state index is 0.614. The lowest BCUT2D eigenvalue weighted by Crippen LogP contribution is -2.24. The summed E-state index contributed by atoms with van der Waals surface area (Å²) in [5.41, 5.74) is 2.73. The molecule has 1 unspecified atom stereocenters. The van der Waals surface area contributed by atoms with Crippen LogP contribution in [0.3, 0.4) is 0 Å². The molecule has 1 aliphatic rings. The molecule has 104 valence electrons. The molecule has 0 saturated carbocycles. The lowest BCUT2D eigenvalue weighted by atomic mass is 10.0. The van der Waals surface area contributed by atoms with Gasteiger partial charge in [0.25, 0.3) is 0 Å². The first kappa shape index (κ1) is 13.4. The number of ether oxygens (including phenoxy) is 1. The second-order valence-electron chi connectivity index (χ2n) is 5.12. The summed E-state index contributed by atoms with van der Waals surface area (Å²) in [6.45, 7) is 1.05. The number of methoxy groups -OCH3 is 1. The molecule has 1 aliphatic heterocycles. The van der Waals surface area contributed by atoms with Crippen molar-refractivity contribution in [3.63, 3.8) is 0 Å². The van der Waals surface area contributed by atoms with Crippen molar-refractivity contribution in [3.05, 3.63) is 54.1 Å². The number of fused-ring (bicyclic) bond motifs is 1. The predicted molar refractivity (Wildman–Crippen MR) is 86.2 cm³/mol. The molecule has 0 radical (unpaired) electrons. The highest BCUT2D eigenvalue weighted by Crippen LogP contribution is 2.39. The van der Waals surface area contributed by atoms with Gasteiger partial charge in [-0.05, 0) is 35.9 Å². The van der Waals surface area contributed by atoms with Crippen LogP contribution in [0.25, 0.3) is 0 Å². The van der Waals surface area contributed by atoms with Crippen LogP contribution in [0, 0.1) is 0 Å². The Bertz CT molecular complexity index is 582. The summed E-state index contributed by atoms with van der Waals surface area (Å²) in [5.74, 6) is 2.70. The zero-order chi connectivity index (χ0) is 13.9. The molecule has 1 heterocycles. The quantitative estimate of drug-likeness (QED) is 0.842. The van der Waals surface area contributed by atoms with Crippen LogP contribution in [0.2, 0.25) is 0 Å². The summed E-state index contributed by atoms with van der Waals surface area (Å²) in [6.07, 6.45) is 0. The standard InChI is InChI=1S/C17H19NOS/c1-18(14-7-9-15(19-2)10-8-14)11-13-12-20-17-6-4-3-5-16(13)17/h3-10,13H,11-12H2,1-2H3. The number of thioether (sulfide) groups is 1. The Hall–Kier alpha value is -1.61. The lowest BCUT2D eigenvalue weighted by Gasteiger charge is -2.23. The van der Waals surface area contributed by atoms with Gasteiger partial charge in [-0.1, -0.05) is 18.2 Å². The van der Waals surface area contributed by atoms with E-state index in [1.807, 2.05) is 23.9 Å². The Morgan fingerprint density at radius 2 is 1.90 bits per heavy atom. The van der Waals surface area contributed by atoms with Crippen LogP contribution < -0.4 is 9.64 Å². The van der Waals surface area contributed by atoms with Gasteiger partial charge in [0.05, 0.1) is 7.11 Å². The second kappa shape index (κ2) is 5.80. The molecule has 2 aromatic carbocycles. The molecular weight excluding hydrogens is 266 g/mol. The molecule has 3 rings (SSSR count). The Kier molecular flexibility index (Phi) is 3.88. The summed E-state index contributed by atoms with van der Waals surface area (Å²) in [7, 11) is 3.86. The number of likely N-dealkylation sites (N-methyl/N-ethyl adjacent to an activating group) is 1. The molecule has 0 bridgehead atoms. The summed E-state index contributed by atoms with van der Waals surface area (Å²) in [4.78, 5) is 3.77. The van der Waals surface area contributed by atoms with E-state index in [4.69, 9.17) is 4.74 Å². The van der Waals surface area contributed by atoms with E-state index in [9.17, 15) is 0 Å².